The Bertz CT molecular complexity index is 355. The SMILES string of the molecule is CNC(C)C1CCN(S(=O)(=O)C2CCCC2)CC1. The number of rotatable bonds is 4. The van der Waals surface area contributed by atoms with Crippen LogP contribution in [0.2, 0.25) is 0 Å². The molecular weight excluding hydrogens is 248 g/mol. The molecule has 1 unspecified atom stereocenters. The van der Waals surface area contributed by atoms with Crippen LogP contribution in [0.15, 0.2) is 0 Å². The van der Waals surface area contributed by atoms with Gasteiger partial charge in [-0.25, -0.2) is 12.7 Å². The van der Waals surface area contributed by atoms with Gasteiger partial charge in [0.15, 0.2) is 0 Å². The maximum atomic E-state index is 12.4. The van der Waals surface area contributed by atoms with Gasteiger partial charge in [-0.2, -0.15) is 0 Å². The first-order valence-corrected chi connectivity index (χ1v) is 8.72. The molecule has 0 spiro atoms. The van der Waals surface area contributed by atoms with E-state index in [1.54, 1.807) is 4.31 Å². The van der Waals surface area contributed by atoms with Crippen molar-refractivity contribution in [2.24, 2.45) is 5.92 Å². The summed E-state index contributed by atoms with van der Waals surface area (Å²) in [6.45, 7) is 3.62. The van der Waals surface area contributed by atoms with Crippen molar-refractivity contribution in [3.8, 4) is 0 Å². The molecule has 1 aliphatic heterocycles. The standard InChI is InChI=1S/C13H26N2O2S/c1-11(14-2)12-7-9-15(10-8-12)18(16,17)13-5-3-4-6-13/h11-14H,3-10H2,1-2H3. The molecule has 0 aromatic heterocycles. The Kier molecular flexibility index (Phi) is 4.67. The van der Waals surface area contributed by atoms with Gasteiger partial charge in [-0.1, -0.05) is 12.8 Å². The summed E-state index contributed by atoms with van der Waals surface area (Å²) in [5.74, 6) is 0.616. The van der Waals surface area contributed by atoms with Crippen LogP contribution in [-0.4, -0.2) is 44.2 Å². The van der Waals surface area contributed by atoms with Gasteiger partial charge in [0.05, 0.1) is 5.25 Å². The molecule has 1 N–H and O–H groups in total. The first kappa shape index (κ1) is 14.3. The molecule has 2 fully saturated rings. The van der Waals surface area contributed by atoms with Crippen molar-refractivity contribution >= 4 is 10.0 Å². The second-order valence-corrected chi connectivity index (χ2v) is 7.98. The first-order valence-electron chi connectivity index (χ1n) is 7.22. The molecule has 1 saturated carbocycles. The van der Waals surface area contributed by atoms with E-state index in [9.17, 15) is 8.42 Å². The van der Waals surface area contributed by atoms with E-state index in [4.69, 9.17) is 0 Å². The molecular formula is C13H26N2O2S. The van der Waals surface area contributed by atoms with Gasteiger partial charge in [-0.05, 0) is 45.6 Å². The Morgan fingerprint density at radius 3 is 2.17 bits per heavy atom. The lowest BCUT2D eigenvalue weighted by Crippen LogP contribution is -2.45. The van der Waals surface area contributed by atoms with E-state index < -0.39 is 10.0 Å². The van der Waals surface area contributed by atoms with E-state index in [1.807, 2.05) is 7.05 Å². The van der Waals surface area contributed by atoms with Crippen LogP contribution in [0.25, 0.3) is 0 Å². The summed E-state index contributed by atoms with van der Waals surface area (Å²) < 4.78 is 26.6. The summed E-state index contributed by atoms with van der Waals surface area (Å²) in [4.78, 5) is 0. The van der Waals surface area contributed by atoms with Crippen LogP contribution in [0.3, 0.4) is 0 Å². The van der Waals surface area contributed by atoms with E-state index >= 15 is 0 Å². The van der Waals surface area contributed by atoms with Crippen molar-refractivity contribution in [3.05, 3.63) is 0 Å². The fourth-order valence-corrected chi connectivity index (χ4v) is 5.33. The fraction of sp³-hybridized carbons (Fsp3) is 1.00. The lowest BCUT2D eigenvalue weighted by molar-refractivity contribution is 0.235. The molecule has 2 aliphatic rings. The molecule has 0 bridgehead atoms. The smallest absolute Gasteiger partial charge is 0.216 e. The van der Waals surface area contributed by atoms with Gasteiger partial charge in [-0.3, -0.25) is 0 Å². The molecule has 1 saturated heterocycles. The van der Waals surface area contributed by atoms with Crippen LogP contribution < -0.4 is 5.32 Å². The Balaban J connectivity index is 1.92. The highest BCUT2D eigenvalue weighted by Crippen LogP contribution is 2.30. The highest BCUT2D eigenvalue weighted by atomic mass is 32.2. The van der Waals surface area contributed by atoms with E-state index in [2.05, 4.69) is 12.2 Å². The van der Waals surface area contributed by atoms with Gasteiger partial charge in [0.1, 0.15) is 0 Å². The summed E-state index contributed by atoms with van der Waals surface area (Å²) >= 11 is 0. The molecule has 0 aromatic carbocycles. The molecule has 1 aliphatic carbocycles. The second kappa shape index (κ2) is 5.88. The summed E-state index contributed by atoms with van der Waals surface area (Å²) in [6, 6.07) is 0.487. The summed E-state index contributed by atoms with van der Waals surface area (Å²) in [5.41, 5.74) is 0. The summed E-state index contributed by atoms with van der Waals surface area (Å²) in [5, 5.41) is 3.19. The molecule has 4 nitrogen and oxygen atoms in total. The zero-order valence-corrected chi connectivity index (χ0v) is 12.4. The lowest BCUT2D eigenvalue weighted by atomic mass is 9.91. The molecule has 2 rings (SSSR count). The lowest BCUT2D eigenvalue weighted by Gasteiger charge is -2.35. The van der Waals surface area contributed by atoms with Crippen LogP contribution in [0.4, 0.5) is 0 Å². The van der Waals surface area contributed by atoms with Crippen molar-refractivity contribution in [3.63, 3.8) is 0 Å². The minimum absolute atomic E-state index is 0.0872. The predicted molar refractivity (Wildman–Crippen MR) is 74.0 cm³/mol. The maximum Gasteiger partial charge on any atom is 0.216 e. The highest BCUT2D eigenvalue weighted by Gasteiger charge is 2.36. The molecule has 0 radical (unpaired) electrons. The summed E-state index contributed by atoms with van der Waals surface area (Å²) in [6.07, 6.45) is 5.89. The van der Waals surface area contributed by atoms with Crippen LogP contribution in [0, 0.1) is 5.92 Å². The number of hydrogen-bond acceptors (Lipinski definition) is 3. The minimum Gasteiger partial charge on any atom is -0.317 e. The Morgan fingerprint density at radius 1 is 1.11 bits per heavy atom. The topological polar surface area (TPSA) is 49.4 Å². The zero-order valence-electron chi connectivity index (χ0n) is 11.6. The minimum atomic E-state index is -3.00. The van der Waals surface area contributed by atoms with Crippen LogP contribution in [0.1, 0.15) is 45.4 Å². The Morgan fingerprint density at radius 2 is 1.67 bits per heavy atom. The van der Waals surface area contributed by atoms with Gasteiger partial charge in [0.2, 0.25) is 10.0 Å². The average molecular weight is 274 g/mol. The average Bonchev–Trinajstić information content (AvgIpc) is 2.92. The van der Waals surface area contributed by atoms with Crippen molar-refractivity contribution in [2.75, 3.05) is 20.1 Å². The number of sulfonamides is 1. The Labute approximate surface area is 111 Å². The van der Waals surface area contributed by atoms with Gasteiger partial charge < -0.3 is 5.32 Å². The van der Waals surface area contributed by atoms with Crippen molar-refractivity contribution in [2.45, 2.75) is 56.7 Å². The van der Waals surface area contributed by atoms with Crippen LogP contribution >= 0.6 is 0 Å². The third-order valence-corrected chi connectivity index (χ3v) is 7.14. The molecule has 5 heteroatoms. The third kappa shape index (κ3) is 2.89. The number of nitrogens with zero attached hydrogens (tertiary/aromatic N) is 1. The number of piperidine rings is 1. The molecule has 0 aromatic rings. The van der Waals surface area contributed by atoms with Crippen LogP contribution in [0.5, 0.6) is 0 Å². The third-order valence-electron chi connectivity index (χ3n) is 4.74. The molecule has 0 amide bonds. The summed E-state index contributed by atoms with van der Waals surface area (Å²) in [7, 11) is -1.03. The van der Waals surface area contributed by atoms with Gasteiger partial charge in [0.25, 0.3) is 0 Å². The predicted octanol–water partition coefficient (Wildman–Crippen LogP) is 1.58. The van der Waals surface area contributed by atoms with Crippen molar-refractivity contribution < 1.29 is 8.42 Å². The highest BCUT2D eigenvalue weighted by molar-refractivity contribution is 7.89. The zero-order chi connectivity index (χ0) is 13.2. The van der Waals surface area contributed by atoms with Crippen molar-refractivity contribution in [1.29, 1.82) is 0 Å². The van der Waals surface area contributed by atoms with Gasteiger partial charge in [0, 0.05) is 19.1 Å². The van der Waals surface area contributed by atoms with Crippen molar-refractivity contribution in [1.82, 2.24) is 9.62 Å². The number of nitrogens with one attached hydrogen (secondary N) is 1. The van der Waals surface area contributed by atoms with Crippen LogP contribution in [-0.2, 0) is 10.0 Å². The molecule has 106 valence electrons. The van der Waals surface area contributed by atoms with Gasteiger partial charge >= 0.3 is 0 Å². The Hall–Kier alpha value is -0.130. The monoisotopic (exact) mass is 274 g/mol. The maximum absolute atomic E-state index is 12.4. The molecule has 1 heterocycles. The second-order valence-electron chi connectivity index (χ2n) is 5.77. The molecule has 1 atom stereocenters. The first-order chi connectivity index (χ1) is 8.55. The quantitative estimate of drug-likeness (QED) is 0.847. The number of hydrogen-bond donors (Lipinski definition) is 1. The largest absolute Gasteiger partial charge is 0.317 e. The van der Waals surface area contributed by atoms with Gasteiger partial charge in [-0.15, -0.1) is 0 Å². The molecule has 18 heavy (non-hydrogen) atoms. The normalized spacial score (nSPS) is 26.6. The van der Waals surface area contributed by atoms with E-state index in [-0.39, 0.29) is 5.25 Å². The van der Waals surface area contributed by atoms with E-state index in [0.29, 0.717) is 12.0 Å². The van der Waals surface area contributed by atoms with E-state index in [0.717, 1.165) is 51.6 Å². The van der Waals surface area contributed by atoms with E-state index in [1.165, 1.54) is 0 Å². The fourth-order valence-electron chi connectivity index (χ4n) is 3.26.